The lowest BCUT2D eigenvalue weighted by atomic mass is 9.85. The number of para-hydroxylation sites is 2. The van der Waals surface area contributed by atoms with Gasteiger partial charge in [-0.1, -0.05) is 140 Å². The molecule has 0 aliphatic rings. The van der Waals surface area contributed by atoms with Crippen LogP contribution in [-0.4, -0.2) is 9.55 Å². The fourth-order valence-corrected chi connectivity index (χ4v) is 9.12. The zero-order chi connectivity index (χ0) is 36.7. The number of hydrogen-bond donors (Lipinski definition) is 0. The van der Waals surface area contributed by atoms with E-state index < -0.39 is 0 Å². The monoisotopic (exact) mass is 712 g/mol. The molecule has 0 spiro atoms. The molecule has 0 saturated heterocycles. The van der Waals surface area contributed by atoms with Gasteiger partial charge < -0.3 is 8.98 Å². The fraction of sp³-hybridized carbons (Fsp3) is 0. The first kappa shape index (κ1) is 30.9. The second-order valence-electron chi connectivity index (χ2n) is 14.7. The van der Waals surface area contributed by atoms with E-state index in [9.17, 15) is 0 Å². The predicted molar refractivity (Wildman–Crippen MR) is 235 cm³/mol. The van der Waals surface area contributed by atoms with Gasteiger partial charge in [-0.25, -0.2) is 4.98 Å². The first-order valence-corrected chi connectivity index (χ1v) is 19.1. The van der Waals surface area contributed by atoms with Gasteiger partial charge in [-0.3, -0.25) is 0 Å². The van der Waals surface area contributed by atoms with Gasteiger partial charge in [0.05, 0.1) is 11.0 Å². The van der Waals surface area contributed by atoms with Gasteiger partial charge in [-0.15, -0.1) is 0 Å². The Morgan fingerprint density at radius 3 is 1.59 bits per heavy atom. The Labute approximate surface area is 322 Å². The third-order valence-electron chi connectivity index (χ3n) is 11.6. The van der Waals surface area contributed by atoms with Gasteiger partial charge in [0.25, 0.3) is 0 Å². The number of fused-ring (bicyclic) bond motifs is 10. The number of rotatable bonds is 4. The SMILES string of the molecule is c1ccc(-c2nc3ccc4ccc5ccc(-c6c7ccccc7c(-c7ccc8c(c7)c7ccccc7n8-c7ccccc7)c7ccccc67)cc5c4c3o2)cc1. The molecule has 0 atom stereocenters. The molecule has 0 aliphatic heterocycles. The second-order valence-corrected chi connectivity index (χ2v) is 14.7. The van der Waals surface area contributed by atoms with Crippen molar-refractivity contribution < 1.29 is 4.42 Å². The van der Waals surface area contributed by atoms with E-state index in [0.29, 0.717) is 5.89 Å². The third-order valence-corrected chi connectivity index (χ3v) is 11.6. The lowest BCUT2D eigenvalue weighted by Crippen LogP contribution is -1.93. The standard InChI is InChI=1S/C53H32N2O/c1-3-13-35(14-4-1)53-54-46-29-27-34-25-23-33-24-26-36(31-44(33)51(34)52(46)56-53)49-40-18-7-9-20-42(40)50(43-21-10-8-19-41(43)49)37-28-30-48-45(32-37)39-17-11-12-22-47(39)55(48)38-15-5-2-6-16-38/h1-32H. The van der Waals surface area contributed by atoms with Crippen molar-refractivity contribution in [1.82, 2.24) is 9.55 Å². The van der Waals surface area contributed by atoms with Crippen LogP contribution < -0.4 is 0 Å². The average Bonchev–Trinajstić information content (AvgIpc) is 3.85. The number of aromatic nitrogens is 2. The molecule has 0 amide bonds. The third kappa shape index (κ3) is 4.55. The van der Waals surface area contributed by atoms with Crippen LogP contribution in [0, 0.1) is 0 Å². The van der Waals surface area contributed by atoms with Crippen LogP contribution in [0.5, 0.6) is 0 Å². The Bertz CT molecular complexity index is 3460. The van der Waals surface area contributed by atoms with Crippen molar-refractivity contribution in [2.75, 3.05) is 0 Å². The van der Waals surface area contributed by atoms with Crippen molar-refractivity contribution in [2.45, 2.75) is 0 Å². The van der Waals surface area contributed by atoms with Crippen molar-refractivity contribution in [2.24, 2.45) is 0 Å². The number of hydrogen-bond acceptors (Lipinski definition) is 2. The van der Waals surface area contributed by atoms with Crippen molar-refractivity contribution in [3.63, 3.8) is 0 Å². The average molecular weight is 713 g/mol. The largest absolute Gasteiger partial charge is 0.435 e. The van der Waals surface area contributed by atoms with E-state index in [2.05, 4.69) is 168 Å². The fourth-order valence-electron chi connectivity index (χ4n) is 9.12. The topological polar surface area (TPSA) is 31.0 Å². The summed E-state index contributed by atoms with van der Waals surface area (Å²) in [5.41, 5.74) is 11.1. The van der Waals surface area contributed by atoms with E-state index in [1.165, 1.54) is 71.0 Å². The summed E-state index contributed by atoms with van der Waals surface area (Å²) in [6.45, 7) is 0. The highest BCUT2D eigenvalue weighted by Gasteiger charge is 2.20. The molecular formula is C53H32N2O. The maximum Gasteiger partial charge on any atom is 0.227 e. The quantitative estimate of drug-likeness (QED) is 0.134. The van der Waals surface area contributed by atoms with Crippen LogP contribution in [0.3, 0.4) is 0 Å². The summed E-state index contributed by atoms with van der Waals surface area (Å²) >= 11 is 0. The summed E-state index contributed by atoms with van der Waals surface area (Å²) in [5, 5.41) is 11.9. The Kier molecular flexibility index (Phi) is 6.63. The van der Waals surface area contributed by atoms with Crippen LogP contribution >= 0.6 is 0 Å². The molecule has 0 unspecified atom stereocenters. The molecule has 260 valence electrons. The molecule has 2 heterocycles. The molecule has 0 bridgehead atoms. The van der Waals surface area contributed by atoms with E-state index in [4.69, 9.17) is 9.40 Å². The first-order valence-electron chi connectivity index (χ1n) is 19.1. The van der Waals surface area contributed by atoms with E-state index >= 15 is 0 Å². The molecule has 0 radical (unpaired) electrons. The summed E-state index contributed by atoms with van der Waals surface area (Å²) in [7, 11) is 0. The molecule has 3 nitrogen and oxygen atoms in total. The second kappa shape index (κ2) is 12.0. The van der Waals surface area contributed by atoms with E-state index in [-0.39, 0.29) is 0 Å². The summed E-state index contributed by atoms with van der Waals surface area (Å²) in [5.74, 6) is 0.636. The van der Waals surface area contributed by atoms with Crippen LogP contribution in [0.15, 0.2) is 199 Å². The molecule has 12 rings (SSSR count). The van der Waals surface area contributed by atoms with Crippen molar-refractivity contribution in [3.05, 3.63) is 194 Å². The smallest absolute Gasteiger partial charge is 0.227 e. The normalized spacial score (nSPS) is 11.9. The Morgan fingerprint density at radius 1 is 0.375 bits per heavy atom. The minimum atomic E-state index is 0.636. The van der Waals surface area contributed by atoms with E-state index in [1.807, 2.05) is 30.3 Å². The highest BCUT2D eigenvalue weighted by molar-refractivity contribution is 6.24. The van der Waals surface area contributed by atoms with Crippen LogP contribution in [0.4, 0.5) is 0 Å². The van der Waals surface area contributed by atoms with Crippen molar-refractivity contribution in [3.8, 4) is 39.4 Å². The Balaban J connectivity index is 1.11. The first-order chi connectivity index (χ1) is 27.8. The molecule has 10 aromatic carbocycles. The molecule has 2 aromatic heterocycles. The van der Waals surface area contributed by atoms with Crippen LogP contribution in [0.1, 0.15) is 0 Å². The lowest BCUT2D eigenvalue weighted by Gasteiger charge is -2.18. The number of nitrogens with zero attached hydrogens (tertiary/aromatic N) is 2. The summed E-state index contributed by atoms with van der Waals surface area (Å²) in [4.78, 5) is 4.93. The maximum absolute atomic E-state index is 6.60. The zero-order valence-electron chi connectivity index (χ0n) is 30.3. The molecule has 0 N–H and O–H groups in total. The van der Waals surface area contributed by atoms with E-state index in [0.717, 1.165) is 38.5 Å². The minimum absolute atomic E-state index is 0.636. The van der Waals surface area contributed by atoms with Crippen LogP contribution in [0.25, 0.3) is 115 Å². The van der Waals surface area contributed by atoms with Gasteiger partial charge in [-0.05, 0) is 115 Å². The van der Waals surface area contributed by atoms with Gasteiger partial charge in [0.2, 0.25) is 5.89 Å². The molecule has 3 heteroatoms. The van der Waals surface area contributed by atoms with Gasteiger partial charge in [0, 0.05) is 27.4 Å². The van der Waals surface area contributed by atoms with Gasteiger partial charge in [-0.2, -0.15) is 0 Å². The maximum atomic E-state index is 6.60. The highest BCUT2D eigenvalue weighted by atomic mass is 16.3. The van der Waals surface area contributed by atoms with Crippen LogP contribution in [0.2, 0.25) is 0 Å². The van der Waals surface area contributed by atoms with Gasteiger partial charge in [0.1, 0.15) is 5.52 Å². The molecular weight excluding hydrogens is 681 g/mol. The predicted octanol–water partition coefficient (Wildman–Crippen LogP) is 14.5. The van der Waals surface area contributed by atoms with Crippen molar-refractivity contribution in [1.29, 1.82) is 0 Å². The number of oxazole rings is 1. The summed E-state index contributed by atoms with van der Waals surface area (Å²) in [6.07, 6.45) is 0. The highest BCUT2D eigenvalue weighted by Crippen LogP contribution is 2.46. The minimum Gasteiger partial charge on any atom is -0.435 e. The summed E-state index contributed by atoms with van der Waals surface area (Å²) < 4.78 is 8.98. The van der Waals surface area contributed by atoms with Crippen LogP contribution in [-0.2, 0) is 0 Å². The molecule has 0 saturated carbocycles. The lowest BCUT2D eigenvalue weighted by molar-refractivity contribution is 0.623. The van der Waals surface area contributed by atoms with Crippen molar-refractivity contribution >= 4 is 76.0 Å². The zero-order valence-corrected chi connectivity index (χ0v) is 30.3. The van der Waals surface area contributed by atoms with Gasteiger partial charge in [0.15, 0.2) is 5.58 Å². The Hall–Kier alpha value is -7.49. The molecule has 56 heavy (non-hydrogen) atoms. The summed E-state index contributed by atoms with van der Waals surface area (Å²) in [6, 6.07) is 69.9. The molecule has 0 aliphatic carbocycles. The molecule has 12 aromatic rings. The molecule has 0 fully saturated rings. The van der Waals surface area contributed by atoms with Gasteiger partial charge >= 0.3 is 0 Å². The van der Waals surface area contributed by atoms with E-state index in [1.54, 1.807) is 0 Å². The Morgan fingerprint density at radius 2 is 0.893 bits per heavy atom. The number of benzene rings is 10.